The summed E-state index contributed by atoms with van der Waals surface area (Å²) in [6, 6.07) is 11.3. The Balaban J connectivity index is 1.77. The lowest BCUT2D eigenvalue weighted by Gasteiger charge is -2.21. The van der Waals surface area contributed by atoms with Crippen molar-refractivity contribution >= 4 is 17.5 Å². The smallest absolute Gasteiger partial charge is 0.262 e. The zero-order chi connectivity index (χ0) is 17.3. The minimum absolute atomic E-state index is 0.0248. The van der Waals surface area contributed by atoms with Crippen LogP contribution in [0.2, 0.25) is 0 Å². The van der Waals surface area contributed by atoms with Gasteiger partial charge in [-0.1, -0.05) is 23.8 Å². The Morgan fingerprint density at radius 1 is 1.21 bits per heavy atom. The Morgan fingerprint density at radius 3 is 2.75 bits per heavy atom. The van der Waals surface area contributed by atoms with Crippen molar-refractivity contribution in [1.29, 1.82) is 0 Å². The number of ether oxygens (including phenoxy) is 1. The second kappa shape index (κ2) is 6.35. The van der Waals surface area contributed by atoms with E-state index in [1.165, 1.54) is 11.1 Å². The van der Waals surface area contributed by atoms with Crippen LogP contribution in [0.3, 0.4) is 0 Å². The summed E-state index contributed by atoms with van der Waals surface area (Å²) in [5.74, 6) is 0.257. The molecule has 2 amide bonds. The van der Waals surface area contributed by atoms with E-state index in [2.05, 4.69) is 37.4 Å². The number of nitrogens with one attached hydrogen (secondary N) is 1. The first-order valence-electron chi connectivity index (χ1n) is 7.82. The minimum Gasteiger partial charge on any atom is -0.482 e. The molecule has 2 aromatic rings. The second-order valence-electron chi connectivity index (χ2n) is 6.14. The molecular weight excluding hydrogens is 304 g/mol. The van der Waals surface area contributed by atoms with E-state index in [0.29, 0.717) is 23.5 Å². The van der Waals surface area contributed by atoms with Gasteiger partial charge >= 0.3 is 0 Å². The highest BCUT2D eigenvalue weighted by Gasteiger charge is 2.19. The van der Waals surface area contributed by atoms with Crippen LogP contribution in [0.5, 0.6) is 5.75 Å². The van der Waals surface area contributed by atoms with Gasteiger partial charge in [0.15, 0.2) is 6.61 Å². The summed E-state index contributed by atoms with van der Waals surface area (Å²) in [6.45, 7) is 4.62. The van der Waals surface area contributed by atoms with Crippen LogP contribution < -0.4 is 10.1 Å². The molecule has 3 rings (SSSR count). The molecule has 2 aromatic carbocycles. The molecule has 0 aromatic heterocycles. The molecule has 0 spiro atoms. The van der Waals surface area contributed by atoms with E-state index in [0.717, 1.165) is 5.56 Å². The van der Waals surface area contributed by atoms with Gasteiger partial charge in [0.25, 0.3) is 11.8 Å². The third kappa shape index (κ3) is 3.25. The van der Waals surface area contributed by atoms with E-state index in [1.807, 2.05) is 0 Å². The molecule has 0 unspecified atom stereocenters. The van der Waals surface area contributed by atoms with Crippen molar-refractivity contribution in [3.8, 4) is 5.75 Å². The number of anilines is 1. The van der Waals surface area contributed by atoms with Crippen molar-refractivity contribution in [3.63, 3.8) is 0 Å². The van der Waals surface area contributed by atoms with Crippen LogP contribution in [0.1, 0.15) is 27.0 Å². The second-order valence-corrected chi connectivity index (χ2v) is 6.14. The maximum absolute atomic E-state index is 12.7. The molecule has 0 fully saturated rings. The number of fused-ring (bicyclic) bond motifs is 1. The Kier molecular flexibility index (Phi) is 4.25. The van der Waals surface area contributed by atoms with E-state index < -0.39 is 0 Å². The maximum atomic E-state index is 12.7. The van der Waals surface area contributed by atoms with Crippen LogP contribution in [0.15, 0.2) is 36.4 Å². The lowest BCUT2D eigenvalue weighted by molar-refractivity contribution is -0.118. The molecule has 0 saturated heterocycles. The van der Waals surface area contributed by atoms with Gasteiger partial charge in [-0.2, -0.15) is 0 Å². The standard InChI is InChI=1S/C19H20N2O3/c1-12-4-5-15(13(2)8-12)10-21(3)19(23)14-6-7-16-17(9-14)24-11-18(22)20-16/h4-9H,10-11H2,1-3H3,(H,20,22). The maximum Gasteiger partial charge on any atom is 0.262 e. The lowest BCUT2D eigenvalue weighted by Crippen LogP contribution is -2.28. The number of hydrogen-bond acceptors (Lipinski definition) is 3. The monoisotopic (exact) mass is 324 g/mol. The average molecular weight is 324 g/mol. The number of nitrogens with zero attached hydrogens (tertiary/aromatic N) is 1. The molecule has 0 atom stereocenters. The van der Waals surface area contributed by atoms with Gasteiger partial charge in [0, 0.05) is 19.2 Å². The van der Waals surface area contributed by atoms with Gasteiger partial charge in [-0.3, -0.25) is 9.59 Å². The fourth-order valence-electron chi connectivity index (χ4n) is 2.78. The summed E-state index contributed by atoms with van der Waals surface area (Å²) < 4.78 is 5.37. The Labute approximate surface area is 141 Å². The molecule has 0 saturated carbocycles. The normalized spacial score (nSPS) is 12.9. The molecule has 5 heteroatoms. The molecule has 1 aliphatic heterocycles. The predicted octanol–water partition coefficient (Wildman–Crippen LogP) is 2.91. The molecule has 0 bridgehead atoms. The van der Waals surface area contributed by atoms with Crippen LogP contribution in [0, 0.1) is 13.8 Å². The molecular formula is C19H20N2O3. The minimum atomic E-state index is -0.187. The number of benzene rings is 2. The van der Waals surface area contributed by atoms with Crippen molar-refractivity contribution in [1.82, 2.24) is 4.90 Å². The van der Waals surface area contributed by atoms with Crippen LogP contribution in [-0.2, 0) is 11.3 Å². The third-order valence-corrected chi connectivity index (χ3v) is 4.11. The Bertz CT molecular complexity index is 814. The van der Waals surface area contributed by atoms with E-state index >= 15 is 0 Å². The first-order chi connectivity index (χ1) is 11.4. The molecule has 5 nitrogen and oxygen atoms in total. The van der Waals surface area contributed by atoms with Crippen LogP contribution in [0.4, 0.5) is 5.69 Å². The van der Waals surface area contributed by atoms with Gasteiger partial charge < -0.3 is 15.0 Å². The molecule has 1 heterocycles. The van der Waals surface area contributed by atoms with Crippen molar-refractivity contribution < 1.29 is 14.3 Å². The van der Waals surface area contributed by atoms with E-state index in [4.69, 9.17) is 4.74 Å². The lowest BCUT2D eigenvalue weighted by atomic mass is 10.0. The molecule has 124 valence electrons. The summed E-state index contributed by atoms with van der Waals surface area (Å²) >= 11 is 0. The summed E-state index contributed by atoms with van der Waals surface area (Å²) in [7, 11) is 1.78. The molecule has 24 heavy (non-hydrogen) atoms. The van der Waals surface area contributed by atoms with E-state index in [1.54, 1.807) is 30.1 Å². The van der Waals surface area contributed by atoms with Gasteiger partial charge in [0.2, 0.25) is 0 Å². The zero-order valence-electron chi connectivity index (χ0n) is 14.1. The first kappa shape index (κ1) is 16.1. The van der Waals surface area contributed by atoms with E-state index in [9.17, 15) is 9.59 Å². The fraction of sp³-hybridized carbons (Fsp3) is 0.263. The number of amides is 2. The first-order valence-corrected chi connectivity index (χ1v) is 7.82. The van der Waals surface area contributed by atoms with Gasteiger partial charge in [-0.25, -0.2) is 0 Å². The summed E-state index contributed by atoms with van der Waals surface area (Å²) in [5.41, 5.74) is 4.64. The predicted molar refractivity (Wildman–Crippen MR) is 92.3 cm³/mol. The quantitative estimate of drug-likeness (QED) is 0.944. The highest BCUT2D eigenvalue weighted by Crippen LogP contribution is 2.29. The Hall–Kier alpha value is -2.82. The highest BCUT2D eigenvalue weighted by molar-refractivity contribution is 5.98. The SMILES string of the molecule is Cc1ccc(CN(C)C(=O)c2ccc3c(c2)OCC(=O)N3)c(C)c1. The number of rotatable bonds is 3. The fourth-order valence-corrected chi connectivity index (χ4v) is 2.78. The molecule has 0 aliphatic carbocycles. The summed E-state index contributed by atoms with van der Waals surface area (Å²) in [4.78, 5) is 25.6. The molecule has 1 aliphatic rings. The zero-order valence-corrected chi connectivity index (χ0v) is 14.1. The highest BCUT2D eigenvalue weighted by atomic mass is 16.5. The summed E-state index contributed by atoms with van der Waals surface area (Å²) in [6.07, 6.45) is 0. The van der Waals surface area contributed by atoms with Crippen molar-refractivity contribution in [2.45, 2.75) is 20.4 Å². The number of hydrogen-bond donors (Lipinski definition) is 1. The summed E-state index contributed by atoms with van der Waals surface area (Å²) in [5, 5.41) is 2.72. The van der Waals surface area contributed by atoms with Gasteiger partial charge in [-0.15, -0.1) is 0 Å². The van der Waals surface area contributed by atoms with Crippen molar-refractivity contribution in [3.05, 3.63) is 58.7 Å². The van der Waals surface area contributed by atoms with Gasteiger partial charge in [0.1, 0.15) is 5.75 Å². The number of carbonyl (C=O) groups excluding carboxylic acids is 2. The number of carbonyl (C=O) groups is 2. The third-order valence-electron chi connectivity index (χ3n) is 4.11. The van der Waals surface area contributed by atoms with Crippen molar-refractivity contribution in [2.24, 2.45) is 0 Å². The Morgan fingerprint density at radius 2 is 2.00 bits per heavy atom. The van der Waals surface area contributed by atoms with Crippen LogP contribution >= 0.6 is 0 Å². The van der Waals surface area contributed by atoms with Gasteiger partial charge in [-0.05, 0) is 43.2 Å². The topological polar surface area (TPSA) is 58.6 Å². The number of aryl methyl sites for hydroxylation is 2. The average Bonchev–Trinajstić information content (AvgIpc) is 2.56. The van der Waals surface area contributed by atoms with Gasteiger partial charge in [0.05, 0.1) is 5.69 Å². The largest absolute Gasteiger partial charge is 0.482 e. The van der Waals surface area contributed by atoms with Crippen molar-refractivity contribution in [2.75, 3.05) is 19.0 Å². The molecule has 1 N–H and O–H groups in total. The van der Waals surface area contributed by atoms with E-state index in [-0.39, 0.29) is 18.4 Å². The molecule has 0 radical (unpaired) electrons. The van der Waals surface area contributed by atoms with Crippen LogP contribution in [-0.4, -0.2) is 30.4 Å². The van der Waals surface area contributed by atoms with Crippen LogP contribution in [0.25, 0.3) is 0 Å².